The van der Waals surface area contributed by atoms with Crippen LogP contribution in [0.2, 0.25) is 0 Å². The third-order valence-corrected chi connectivity index (χ3v) is 6.16. The van der Waals surface area contributed by atoms with Crippen molar-refractivity contribution in [3.8, 4) is 0 Å². The van der Waals surface area contributed by atoms with Gasteiger partial charge in [0.2, 0.25) is 0 Å². The average molecular weight is 318 g/mol. The minimum atomic E-state index is 0.808. The zero-order chi connectivity index (χ0) is 16.4. The van der Waals surface area contributed by atoms with E-state index in [1.165, 1.54) is 61.3 Å². The summed E-state index contributed by atoms with van der Waals surface area (Å²) in [5.41, 5.74) is 9.40. The summed E-state index contributed by atoms with van der Waals surface area (Å²) in [5.74, 6) is 0. The van der Waals surface area contributed by atoms with E-state index in [2.05, 4.69) is 42.8 Å². The van der Waals surface area contributed by atoms with Gasteiger partial charge in [0.25, 0.3) is 0 Å². The van der Waals surface area contributed by atoms with Crippen molar-refractivity contribution in [3.63, 3.8) is 0 Å². The van der Waals surface area contributed by atoms with Crippen LogP contribution in [0.5, 0.6) is 0 Å². The minimum absolute atomic E-state index is 0.808. The predicted octanol–water partition coefficient (Wildman–Crippen LogP) is 2.33. The molecule has 2 heterocycles. The summed E-state index contributed by atoms with van der Waals surface area (Å²) in [6, 6.07) is 7.11. The molecule has 0 spiro atoms. The Bertz CT molecular complexity index is 526. The molecule has 0 saturated carbocycles. The van der Waals surface area contributed by atoms with E-state index in [-0.39, 0.29) is 0 Å². The maximum Gasteiger partial charge on any atom is 0.0799 e. The lowest BCUT2D eigenvalue weighted by molar-refractivity contribution is -0.913. The summed E-state index contributed by atoms with van der Waals surface area (Å²) >= 11 is 0. The van der Waals surface area contributed by atoms with Crippen LogP contribution < -0.4 is 10.6 Å². The van der Waals surface area contributed by atoms with Crippen LogP contribution in [0, 0.1) is 6.92 Å². The molecule has 0 aliphatic carbocycles. The number of piperazine rings is 1. The first kappa shape index (κ1) is 16.6. The quantitative estimate of drug-likeness (QED) is 0.686. The number of likely N-dealkylation sites (tertiary alicyclic amines) is 1. The summed E-state index contributed by atoms with van der Waals surface area (Å²) in [6.07, 6.45) is 2.73. The number of nitrogens with two attached hydrogens (primary N) is 1. The fourth-order valence-electron chi connectivity index (χ4n) is 4.22. The zero-order valence-corrected chi connectivity index (χ0v) is 15.1. The molecular formula is C19H33N4+. The topological polar surface area (TPSA) is 32.5 Å². The molecule has 4 nitrogen and oxygen atoms in total. The third kappa shape index (κ3) is 3.64. The van der Waals surface area contributed by atoms with Crippen molar-refractivity contribution in [1.82, 2.24) is 4.90 Å². The van der Waals surface area contributed by atoms with E-state index in [1.54, 1.807) is 0 Å². The highest BCUT2D eigenvalue weighted by Gasteiger charge is 2.33. The van der Waals surface area contributed by atoms with Crippen LogP contribution in [-0.2, 0) is 0 Å². The maximum atomic E-state index is 5.88. The maximum absolute atomic E-state index is 5.88. The molecule has 2 N–H and O–H groups in total. The van der Waals surface area contributed by atoms with Crippen molar-refractivity contribution in [1.29, 1.82) is 0 Å². The Balaban J connectivity index is 1.55. The van der Waals surface area contributed by atoms with E-state index in [9.17, 15) is 0 Å². The van der Waals surface area contributed by atoms with Gasteiger partial charge in [0.05, 0.1) is 26.7 Å². The molecule has 23 heavy (non-hydrogen) atoms. The normalized spacial score (nSPS) is 29.7. The Labute approximate surface area is 141 Å². The van der Waals surface area contributed by atoms with Gasteiger partial charge in [-0.15, -0.1) is 0 Å². The number of benzene rings is 1. The van der Waals surface area contributed by atoms with Crippen LogP contribution in [0.3, 0.4) is 0 Å². The molecule has 4 heteroatoms. The fraction of sp³-hybridized carbons (Fsp3) is 0.684. The van der Waals surface area contributed by atoms with Gasteiger partial charge < -0.3 is 15.1 Å². The second kappa shape index (κ2) is 6.70. The number of hydrogen-bond donors (Lipinski definition) is 1. The smallest absolute Gasteiger partial charge is 0.0799 e. The molecule has 2 aliphatic heterocycles. The van der Waals surface area contributed by atoms with Gasteiger partial charge in [-0.05, 0) is 37.6 Å². The predicted molar refractivity (Wildman–Crippen MR) is 98.9 cm³/mol. The lowest BCUT2D eigenvalue weighted by atomic mass is 10.00. The Morgan fingerprint density at radius 2 is 1.78 bits per heavy atom. The molecule has 2 fully saturated rings. The molecule has 3 rings (SSSR count). The molecule has 2 aliphatic rings. The SMILES string of the molecule is CC[N+]1(C)CCC(N2CCN(c3ccc(N)cc3C)CC2)CC1. The van der Waals surface area contributed by atoms with Crippen molar-refractivity contribution < 1.29 is 4.48 Å². The highest BCUT2D eigenvalue weighted by molar-refractivity contribution is 5.59. The average Bonchev–Trinajstić information content (AvgIpc) is 2.56. The number of nitrogen functional groups attached to an aromatic ring is 1. The molecule has 1 aromatic carbocycles. The first-order chi connectivity index (χ1) is 11.0. The molecular weight excluding hydrogens is 284 g/mol. The lowest BCUT2D eigenvalue weighted by Crippen LogP contribution is -2.57. The standard InChI is InChI=1S/C19H33N4/c1-4-23(3)13-7-18(8-14-23)21-9-11-22(12-10-21)19-6-5-17(20)15-16(19)2/h5-6,15,18H,4,7-14,20H2,1-3H3/q+1. The van der Waals surface area contributed by atoms with E-state index >= 15 is 0 Å². The van der Waals surface area contributed by atoms with E-state index in [4.69, 9.17) is 5.73 Å². The second-order valence-electron chi connectivity index (χ2n) is 7.68. The molecule has 2 saturated heterocycles. The van der Waals surface area contributed by atoms with Crippen LogP contribution in [0.1, 0.15) is 25.3 Å². The largest absolute Gasteiger partial charge is 0.399 e. The molecule has 0 atom stereocenters. The molecule has 128 valence electrons. The molecule has 0 amide bonds. The Hall–Kier alpha value is -1.26. The van der Waals surface area contributed by atoms with Crippen molar-refractivity contribution >= 4 is 11.4 Å². The number of anilines is 2. The number of rotatable bonds is 3. The van der Waals surface area contributed by atoms with E-state index in [0.29, 0.717) is 0 Å². The van der Waals surface area contributed by atoms with Crippen molar-refractivity contribution in [2.24, 2.45) is 0 Å². The highest BCUT2D eigenvalue weighted by atomic mass is 15.3. The molecule has 0 aromatic heterocycles. The Morgan fingerprint density at radius 1 is 1.13 bits per heavy atom. The second-order valence-corrected chi connectivity index (χ2v) is 7.68. The summed E-state index contributed by atoms with van der Waals surface area (Å²) in [4.78, 5) is 5.27. The number of piperidine rings is 1. The van der Waals surface area contributed by atoms with Gasteiger partial charge in [-0.3, -0.25) is 4.90 Å². The van der Waals surface area contributed by atoms with Gasteiger partial charge in [0.1, 0.15) is 0 Å². The first-order valence-electron chi connectivity index (χ1n) is 9.19. The van der Waals surface area contributed by atoms with Crippen LogP contribution in [0.4, 0.5) is 11.4 Å². The van der Waals surface area contributed by atoms with E-state index < -0.39 is 0 Å². The van der Waals surface area contributed by atoms with E-state index in [0.717, 1.165) is 24.8 Å². The van der Waals surface area contributed by atoms with Crippen LogP contribution >= 0.6 is 0 Å². The summed E-state index contributed by atoms with van der Waals surface area (Å²) < 4.78 is 1.26. The number of hydrogen-bond acceptors (Lipinski definition) is 3. The summed E-state index contributed by atoms with van der Waals surface area (Å²) in [7, 11) is 2.41. The van der Waals surface area contributed by atoms with Gasteiger partial charge >= 0.3 is 0 Å². The van der Waals surface area contributed by atoms with E-state index in [1.807, 2.05) is 6.07 Å². The molecule has 0 unspecified atom stereocenters. The van der Waals surface area contributed by atoms with Crippen molar-refractivity contribution in [2.75, 3.05) is 63.5 Å². The monoisotopic (exact) mass is 317 g/mol. The van der Waals surface area contributed by atoms with Crippen molar-refractivity contribution in [3.05, 3.63) is 23.8 Å². The fourth-order valence-corrected chi connectivity index (χ4v) is 4.22. The van der Waals surface area contributed by atoms with Gasteiger partial charge in [-0.25, -0.2) is 0 Å². The molecule has 0 radical (unpaired) electrons. The number of aryl methyl sites for hydroxylation is 1. The summed E-state index contributed by atoms with van der Waals surface area (Å²) in [6.45, 7) is 13.1. The number of quaternary nitrogens is 1. The first-order valence-corrected chi connectivity index (χ1v) is 9.19. The van der Waals surface area contributed by atoms with Crippen LogP contribution in [-0.4, -0.2) is 68.3 Å². The van der Waals surface area contributed by atoms with Gasteiger partial charge in [-0.1, -0.05) is 0 Å². The zero-order valence-electron chi connectivity index (χ0n) is 15.1. The Kier molecular flexibility index (Phi) is 4.83. The van der Waals surface area contributed by atoms with Crippen LogP contribution in [0.15, 0.2) is 18.2 Å². The molecule has 1 aromatic rings. The Morgan fingerprint density at radius 3 is 2.35 bits per heavy atom. The van der Waals surface area contributed by atoms with Gasteiger partial charge in [0, 0.05) is 56.4 Å². The third-order valence-electron chi connectivity index (χ3n) is 6.16. The van der Waals surface area contributed by atoms with Gasteiger partial charge in [0.15, 0.2) is 0 Å². The highest BCUT2D eigenvalue weighted by Crippen LogP contribution is 2.26. The van der Waals surface area contributed by atoms with Gasteiger partial charge in [-0.2, -0.15) is 0 Å². The number of nitrogens with zero attached hydrogens (tertiary/aromatic N) is 3. The minimum Gasteiger partial charge on any atom is -0.399 e. The van der Waals surface area contributed by atoms with Crippen molar-refractivity contribution in [2.45, 2.75) is 32.7 Å². The van der Waals surface area contributed by atoms with Crippen LogP contribution in [0.25, 0.3) is 0 Å². The lowest BCUT2D eigenvalue weighted by Gasteiger charge is -2.46. The molecule has 0 bridgehead atoms. The summed E-state index contributed by atoms with van der Waals surface area (Å²) in [5, 5.41) is 0.